The molecule has 0 saturated heterocycles. The zero-order valence-electron chi connectivity index (χ0n) is 11.4. The summed E-state index contributed by atoms with van der Waals surface area (Å²) >= 11 is 0. The van der Waals surface area contributed by atoms with Crippen molar-refractivity contribution in [1.29, 1.82) is 0 Å². The van der Waals surface area contributed by atoms with Crippen LogP contribution >= 0.6 is 0 Å². The Morgan fingerprint density at radius 2 is 2.10 bits per heavy atom. The van der Waals surface area contributed by atoms with Crippen molar-refractivity contribution in [1.82, 2.24) is 15.3 Å². The Balaban J connectivity index is 1.79. The first kappa shape index (κ1) is 12.7. The quantitative estimate of drug-likeness (QED) is 0.747. The molecule has 0 aliphatic rings. The number of para-hydroxylation sites is 1. The number of nitrogens with zero attached hydrogens (tertiary/aromatic N) is 1. The molecule has 0 spiro atoms. The SMILES string of the molecule is CNCc1c[nH]c2cnc(COc3ccccc3)cc12. The molecule has 4 nitrogen and oxygen atoms in total. The number of benzene rings is 1. The van der Waals surface area contributed by atoms with Crippen molar-refractivity contribution >= 4 is 10.9 Å². The average molecular weight is 267 g/mol. The number of ether oxygens (including phenoxy) is 1. The zero-order chi connectivity index (χ0) is 13.8. The Hall–Kier alpha value is -2.33. The standard InChI is InChI=1S/C16H17N3O/c1-17-8-12-9-19-16-10-18-13(7-15(12)16)11-20-14-5-3-2-4-6-14/h2-7,9-10,17,19H,8,11H2,1H3. The molecule has 3 rings (SSSR count). The number of nitrogens with one attached hydrogen (secondary N) is 2. The maximum absolute atomic E-state index is 5.73. The number of aromatic amines is 1. The predicted molar refractivity (Wildman–Crippen MR) is 79.6 cm³/mol. The third kappa shape index (κ3) is 2.65. The molecule has 4 heteroatoms. The highest BCUT2D eigenvalue weighted by atomic mass is 16.5. The molecular weight excluding hydrogens is 250 g/mol. The van der Waals surface area contributed by atoms with Crippen molar-refractivity contribution < 1.29 is 4.74 Å². The number of H-pyrrole nitrogens is 1. The van der Waals surface area contributed by atoms with Crippen molar-refractivity contribution in [2.75, 3.05) is 7.05 Å². The summed E-state index contributed by atoms with van der Waals surface area (Å²) in [5.41, 5.74) is 3.22. The van der Waals surface area contributed by atoms with Crippen LogP contribution in [0.5, 0.6) is 5.75 Å². The third-order valence-electron chi connectivity index (χ3n) is 3.21. The van der Waals surface area contributed by atoms with Gasteiger partial charge in [0.2, 0.25) is 0 Å². The molecule has 2 heterocycles. The molecule has 0 aliphatic heterocycles. The maximum atomic E-state index is 5.73. The Labute approximate surface area is 117 Å². The van der Waals surface area contributed by atoms with Gasteiger partial charge in [-0.15, -0.1) is 0 Å². The van der Waals surface area contributed by atoms with E-state index in [0.29, 0.717) is 6.61 Å². The van der Waals surface area contributed by atoms with Gasteiger partial charge in [-0.25, -0.2) is 0 Å². The van der Waals surface area contributed by atoms with Gasteiger partial charge in [-0.1, -0.05) is 18.2 Å². The molecule has 1 aromatic carbocycles. The van der Waals surface area contributed by atoms with Crippen LogP contribution in [0.15, 0.2) is 48.8 Å². The monoisotopic (exact) mass is 267 g/mol. The third-order valence-corrected chi connectivity index (χ3v) is 3.21. The normalized spacial score (nSPS) is 10.8. The molecule has 0 unspecified atom stereocenters. The molecule has 2 N–H and O–H groups in total. The average Bonchev–Trinajstić information content (AvgIpc) is 2.89. The second-order valence-corrected chi connectivity index (χ2v) is 4.67. The van der Waals surface area contributed by atoms with Crippen LogP contribution in [0.2, 0.25) is 0 Å². The summed E-state index contributed by atoms with van der Waals surface area (Å²) in [4.78, 5) is 7.65. The maximum Gasteiger partial charge on any atom is 0.130 e. The first-order valence-electron chi connectivity index (χ1n) is 6.64. The highest BCUT2D eigenvalue weighted by Gasteiger charge is 2.05. The molecule has 0 atom stereocenters. The number of hydrogen-bond donors (Lipinski definition) is 2. The van der Waals surface area contributed by atoms with Gasteiger partial charge in [-0.3, -0.25) is 4.98 Å². The van der Waals surface area contributed by atoms with E-state index >= 15 is 0 Å². The van der Waals surface area contributed by atoms with Gasteiger partial charge in [0.15, 0.2) is 0 Å². The number of rotatable bonds is 5. The lowest BCUT2D eigenvalue weighted by Gasteiger charge is -2.06. The van der Waals surface area contributed by atoms with Crippen LogP contribution < -0.4 is 10.1 Å². The first-order chi connectivity index (χ1) is 9.86. The smallest absolute Gasteiger partial charge is 0.130 e. The second kappa shape index (κ2) is 5.75. The highest BCUT2D eigenvalue weighted by Crippen LogP contribution is 2.19. The van der Waals surface area contributed by atoms with Crippen LogP contribution in [0.3, 0.4) is 0 Å². The lowest BCUT2D eigenvalue weighted by Crippen LogP contribution is -2.04. The molecule has 2 aromatic heterocycles. The van der Waals surface area contributed by atoms with E-state index in [0.717, 1.165) is 23.5 Å². The minimum absolute atomic E-state index is 0.476. The van der Waals surface area contributed by atoms with Crippen molar-refractivity contribution in [3.05, 3.63) is 60.0 Å². The Morgan fingerprint density at radius 3 is 2.90 bits per heavy atom. The fraction of sp³-hybridized carbons (Fsp3) is 0.188. The van der Waals surface area contributed by atoms with Crippen LogP contribution in [0.1, 0.15) is 11.3 Å². The first-order valence-corrected chi connectivity index (χ1v) is 6.64. The molecule has 0 bridgehead atoms. The molecule has 0 amide bonds. The number of fused-ring (bicyclic) bond motifs is 1. The van der Waals surface area contributed by atoms with E-state index in [2.05, 4.69) is 21.4 Å². The number of aromatic nitrogens is 2. The molecule has 0 aliphatic carbocycles. The van der Waals surface area contributed by atoms with E-state index < -0.39 is 0 Å². The fourth-order valence-corrected chi connectivity index (χ4v) is 2.21. The van der Waals surface area contributed by atoms with Crippen molar-refractivity contribution in [3.8, 4) is 5.75 Å². The highest BCUT2D eigenvalue weighted by molar-refractivity contribution is 5.82. The Morgan fingerprint density at radius 1 is 1.25 bits per heavy atom. The summed E-state index contributed by atoms with van der Waals surface area (Å²) < 4.78 is 5.73. The van der Waals surface area contributed by atoms with Crippen LogP contribution in [0.4, 0.5) is 0 Å². The summed E-state index contributed by atoms with van der Waals surface area (Å²) in [5.74, 6) is 0.860. The van der Waals surface area contributed by atoms with E-state index in [1.165, 1.54) is 10.9 Å². The van der Waals surface area contributed by atoms with Crippen LogP contribution in [0, 0.1) is 0 Å². The number of hydrogen-bond acceptors (Lipinski definition) is 3. The summed E-state index contributed by atoms with van der Waals surface area (Å²) in [6.45, 7) is 1.31. The van der Waals surface area contributed by atoms with Crippen molar-refractivity contribution in [2.24, 2.45) is 0 Å². The molecule has 0 radical (unpaired) electrons. The topological polar surface area (TPSA) is 49.9 Å². The molecule has 20 heavy (non-hydrogen) atoms. The molecule has 0 saturated carbocycles. The van der Waals surface area contributed by atoms with Crippen molar-refractivity contribution in [3.63, 3.8) is 0 Å². The summed E-state index contributed by atoms with van der Waals surface area (Å²) in [7, 11) is 1.94. The lowest BCUT2D eigenvalue weighted by atomic mass is 10.2. The van der Waals surface area contributed by atoms with Crippen LogP contribution in [-0.4, -0.2) is 17.0 Å². The molecular formula is C16H17N3O. The van der Waals surface area contributed by atoms with Crippen LogP contribution in [-0.2, 0) is 13.2 Å². The van der Waals surface area contributed by atoms with Crippen LogP contribution in [0.25, 0.3) is 10.9 Å². The molecule has 0 fully saturated rings. The van der Waals surface area contributed by atoms with Gasteiger partial charge in [0.05, 0.1) is 17.4 Å². The largest absolute Gasteiger partial charge is 0.487 e. The summed E-state index contributed by atoms with van der Waals surface area (Å²) in [6, 6.07) is 11.9. The minimum Gasteiger partial charge on any atom is -0.487 e. The molecule has 3 aromatic rings. The van der Waals surface area contributed by atoms with Gasteiger partial charge >= 0.3 is 0 Å². The Bertz CT molecular complexity index is 691. The van der Waals surface area contributed by atoms with Crippen molar-refractivity contribution in [2.45, 2.75) is 13.2 Å². The Kier molecular flexibility index (Phi) is 3.65. The van der Waals surface area contributed by atoms with E-state index in [-0.39, 0.29) is 0 Å². The second-order valence-electron chi connectivity index (χ2n) is 4.67. The molecule has 102 valence electrons. The number of pyridine rings is 1. The summed E-state index contributed by atoms with van der Waals surface area (Å²) in [5, 5.41) is 4.36. The fourth-order valence-electron chi connectivity index (χ4n) is 2.21. The van der Waals surface area contributed by atoms with Gasteiger partial charge in [-0.2, -0.15) is 0 Å². The van der Waals surface area contributed by atoms with E-state index in [1.807, 2.05) is 49.8 Å². The lowest BCUT2D eigenvalue weighted by molar-refractivity contribution is 0.301. The van der Waals surface area contributed by atoms with Gasteiger partial charge < -0.3 is 15.0 Å². The predicted octanol–water partition coefficient (Wildman–Crippen LogP) is 2.86. The van der Waals surface area contributed by atoms with Gasteiger partial charge in [0.1, 0.15) is 12.4 Å². The summed E-state index contributed by atoms with van der Waals surface area (Å²) in [6.07, 6.45) is 3.88. The zero-order valence-corrected chi connectivity index (χ0v) is 11.4. The van der Waals surface area contributed by atoms with E-state index in [9.17, 15) is 0 Å². The van der Waals surface area contributed by atoms with Gasteiger partial charge in [-0.05, 0) is 30.8 Å². The minimum atomic E-state index is 0.476. The van der Waals surface area contributed by atoms with Gasteiger partial charge in [0.25, 0.3) is 0 Å². The van der Waals surface area contributed by atoms with Gasteiger partial charge in [0, 0.05) is 18.1 Å². The van der Waals surface area contributed by atoms with E-state index in [1.54, 1.807) is 0 Å². The van der Waals surface area contributed by atoms with E-state index in [4.69, 9.17) is 4.74 Å².